The lowest BCUT2D eigenvalue weighted by Gasteiger charge is -2.10. The summed E-state index contributed by atoms with van der Waals surface area (Å²) in [5.74, 6) is 1.61. The van der Waals surface area contributed by atoms with Crippen LogP contribution < -0.4 is 10.6 Å². The van der Waals surface area contributed by atoms with Crippen molar-refractivity contribution in [3.05, 3.63) is 10.8 Å². The first-order valence-electron chi connectivity index (χ1n) is 6.19. The van der Waals surface area contributed by atoms with Crippen LogP contribution in [0.15, 0.2) is 10.8 Å². The largest absolute Gasteiger partial charge is 0.379 e. The SMILES string of the molecule is CNc1ncnc(NCCCCOC(C)C)c1Br. The second-order valence-corrected chi connectivity index (χ2v) is 4.98. The molecule has 2 N–H and O–H groups in total. The van der Waals surface area contributed by atoms with Crippen LogP contribution in [0.5, 0.6) is 0 Å². The predicted octanol–water partition coefficient (Wildman–Crippen LogP) is 2.90. The van der Waals surface area contributed by atoms with Crippen molar-refractivity contribution in [2.24, 2.45) is 0 Å². The second kappa shape index (κ2) is 8.26. The van der Waals surface area contributed by atoms with Gasteiger partial charge in [0.1, 0.15) is 22.4 Å². The Kier molecular flexibility index (Phi) is 6.97. The Morgan fingerprint density at radius 3 is 2.67 bits per heavy atom. The molecule has 1 aromatic rings. The molecule has 0 amide bonds. The van der Waals surface area contributed by atoms with Crippen LogP contribution in [0.3, 0.4) is 0 Å². The molecule has 0 aliphatic heterocycles. The number of anilines is 2. The van der Waals surface area contributed by atoms with Crippen molar-refractivity contribution in [3.8, 4) is 0 Å². The standard InChI is InChI=1S/C12H21BrN4O/c1-9(2)18-7-5-4-6-15-12-10(13)11(14-3)16-8-17-12/h8-9H,4-7H2,1-3H3,(H2,14,15,16,17). The maximum Gasteiger partial charge on any atom is 0.145 e. The van der Waals surface area contributed by atoms with Crippen LogP contribution in [0.2, 0.25) is 0 Å². The van der Waals surface area contributed by atoms with Gasteiger partial charge in [0.2, 0.25) is 0 Å². The third-order valence-corrected chi connectivity index (χ3v) is 3.09. The summed E-state index contributed by atoms with van der Waals surface area (Å²) in [6.07, 6.45) is 3.96. The number of aromatic nitrogens is 2. The van der Waals surface area contributed by atoms with E-state index in [4.69, 9.17) is 4.74 Å². The van der Waals surface area contributed by atoms with Crippen molar-refractivity contribution in [1.29, 1.82) is 0 Å². The fraction of sp³-hybridized carbons (Fsp3) is 0.667. The number of hydrogen-bond donors (Lipinski definition) is 2. The summed E-state index contributed by atoms with van der Waals surface area (Å²) in [6, 6.07) is 0. The highest BCUT2D eigenvalue weighted by Gasteiger charge is 2.06. The first-order chi connectivity index (χ1) is 8.65. The molecule has 0 aliphatic carbocycles. The van der Waals surface area contributed by atoms with E-state index in [1.54, 1.807) is 6.33 Å². The zero-order valence-corrected chi connectivity index (χ0v) is 12.7. The van der Waals surface area contributed by atoms with Crippen molar-refractivity contribution in [1.82, 2.24) is 9.97 Å². The molecule has 0 bridgehead atoms. The maximum absolute atomic E-state index is 5.48. The van der Waals surface area contributed by atoms with Gasteiger partial charge in [-0.1, -0.05) is 0 Å². The molecule has 0 atom stereocenters. The molecule has 0 saturated heterocycles. The summed E-state index contributed by atoms with van der Waals surface area (Å²) in [7, 11) is 1.83. The first-order valence-corrected chi connectivity index (χ1v) is 6.98. The number of nitrogens with zero attached hydrogens (tertiary/aromatic N) is 2. The quantitative estimate of drug-likeness (QED) is 0.722. The van der Waals surface area contributed by atoms with Crippen LogP contribution in [0.4, 0.5) is 11.6 Å². The van der Waals surface area contributed by atoms with E-state index in [0.717, 1.165) is 42.1 Å². The van der Waals surface area contributed by atoms with E-state index in [2.05, 4.69) is 50.4 Å². The van der Waals surface area contributed by atoms with Crippen LogP contribution in [0.25, 0.3) is 0 Å². The lowest BCUT2D eigenvalue weighted by molar-refractivity contribution is 0.0765. The zero-order valence-electron chi connectivity index (χ0n) is 11.2. The number of rotatable bonds is 8. The Morgan fingerprint density at radius 1 is 1.28 bits per heavy atom. The molecular weight excluding hydrogens is 296 g/mol. The Hall–Kier alpha value is -0.880. The Labute approximate surface area is 117 Å². The van der Waals surface area contributed by atoms with Crippen LogP contribution in [-0.2, 0) is 4.74 Å². The van der Waals surface area contributed by atoms with Gasteiger partial charge in [-0.3, -0.25) is 0 Å². The Balaban J connectivity index is 2.27. The lowest BCUT2D eigenvalue weighted by atomic mass is 10.3. The van der Waals surface area contributed by atoms with Crippen molar-refractivity contribution < 1.29 is 4.74 Å². The highest BCUT2D eigenvalue weighted by molar-refractivity contribution is 9.10. The summed E-state index contributed by atoms with van der Waals surface area (Å²) in [4.78, 5) is 8.30. The minimum atomic E-state index is 0.312. The van der Waals surface area contributed by atoms with Crippen molar-refractivity contribution >= 4 is 27.6 Å². The van der Waals surface area contributed by atoms with E-state index in [1.807, 2.05) is 7.05 Å². The molecular formula is C12H21BrN4O. The zero-order chi connectivity index (χ0) is 13.4. The first kappa shape index (κ1) is 15.2. The molecule has 0 saturated carbocycles. The van der Waals surface area contributed by atoms with Crippen LogP contribution in [0.1, 0.15) is 26.7 Å². The molecule has 1 aromatic heterocycles. The van der Waals surface area contributed by atoms with Gasteiger partial charge in [0.15, 0.2) is 0 Å². The van der Waals surface area contributed by atoms with Gasteiger partial charge >= 0.3 is 0 Å². The fourth-order valence-electron chi connectivity index (χ4n) is 1.42. The normalized spacial score (nSPS) is 10.7. The monoisotopic (exact) mass is 316 g/mol. The summed E-state index contributed by atoms with van der Waals surface area (Å²) >= 11 is 3.47. The third kappa shape index (κ3) is 5.18. The molecule has 102 valence electrons. The average Bonchev–Trinajstić information content (AvgIpc) is 2.35. The van der Waals surface area contributed by atoms with E-state index in [1.165, 1.54) is 0 Å². The van der Waals surface area contributed by atoms with E-state index in [9.17, 15) is 0 Å². The molecule has 1 rings (SSSR count). The molecule has 6 heteroatoms. The molecule has 0 aromatic carbocycles. The molecule has 0 aliphatic rings. The smallest absolute Gasteiger partial charge is 0.145 e. The summed E-state index contributed by atoms with van der Waals surface area (Å²) in [5, 5.41) is 6.28. The number of nitrogens with one attached hydrogen (secondary N) is 2. The number of unbranched alkanes of at least 4 members (excludes halogenated alkanes) is 1. The molecule has 1 heterocycles. The average molecular weight is 317 g/mol. The minimum absolute atomic E-state index is 0.312. The third-order valence-electron chi connectivity index (χ3n) is 2.34. The number of hydrogen-bond acceptors (Lipinski definition) is 5. The van der Waals surface area contributed by atoms with Gasteiger partial charge in [-0.2, -0.15) is 0 Å². The van der Waals surface area contributed by atoms with Gasteiger partial charge in [0.25, 0.3) is 0 Å². The van der Waals surface area contributed by atoms with Crippen LogP contribution in [0, 0.1) is 0 Å². The molecule has 0 radical (unpaired) electrons. The second-order valence-electron chi connectivity index (χ2n) is 4.19. The predicted molar refractivity (Wildman–Crippen MR) is 78.1 cm³/mol. The topological polar surface area (TPSA) is 59.1 Å². The van der Waals surface area contributed by atoms with Crippen molar-refractivity contribution in [2.45, 2.75) is 32.8 Å². The van der Waals surface area contributed by atoms with Crippen molar-refractivity contribution in [3.63, 3.8) is 0 Å². The van der Waals surface area contributed by atoms with Crippen molar-refractivity contribution in [2.75, 3.05) is 30.8 Å². The molecule has 0 fully saturated rings. The molecule has 0 unspecified atom stereocenters. The minimum Gasteiger partial charge on any atom is -0.379 e. The van der Waals surface area contributed by atoms with Gasteiger partial charge in [-0.15, -0.1) is 0 Å². The maximum atomic E-state index is 5.48. The number of ether oxygens (including phenoxy) is 1. The summed E-state index contributed by atoms with van der Waals surface area (Å²) in [5.41, 5.74) is 0. The van der Waals surface area contributed by atoms with Gasteiger partial charge < -0.3 is 15.4 Å². The number of halogens is 1. The van der Waals surface area contributed by atoms with E-state index in [0.29, 0.717) is 6.10 Å². The van der Waals surface area contributed by atoms with Crippen LogP contribution >= 0.6 is 15.9 Å². The molecule has 18 heavy (non-hydrogen) atoms. The van der Waals surface area contributed by atoms with E-state index < -0.39 is 0 Å². The molecule has 5 nitrogen and oxygen atoms in total. The highest BCUT2D eigenvalue weighted by Crippen LogP contribution is 2.25. The Bertz CT molecular complexity index is 360. The summed E-state index contributed by atoms with van der Waals surface area (Å²) < 4.78 is 6.35. The summed E-state index contributed by atoms with van der Waals surface area (Å²) in [6.45, 7) is 5.79. The van der Waals surface area contributed by atoms with Gasteiger partial charge in [-0.05, 0) is 42.6 Å². The van der Waals surface area contributed by atoms with E-state index in [-0.39, 0.29) is 0 Å². The van der Waals surface area contributed by atoms with E-state index >= 15 is 0 Å². The Morgan fingerprint density at radius 2 is 2.00 bits per heavy atom. The van der Waals surface area contributed by atoms with Crippen LogP contribution in [-0.4, -0.2) is 36.3 Å². The van der Waals surface area contributed by atoms with Gasteiger partial charge in [0.05, 0.1) is 6.10 Å². The fourth-order valence-corrected chi connectivity index (χ4v) is 1.96. The lowest BCUT2D eigenvalue weighted by Crippen LogP contribution is -2.08. The highest BCUT2D eigenvalue weighted by atomic mass is 79.9. The van der Waals surface area contributed by atoms with Gasteiger partial charge in [-0.25, -0.2) is 9.97 Å². The van der Waals surface area contributed by atoms with Gasteiger partial charge in [0, 0.05) is 20.2 Å². The molecule has 0 spiro atoms.